The average Bonchev–Trinajstić information content (AvgIpc) is 3.46. The largest absolute Gasteiger partial charge is 0.459 e. The summed E-state index contributed by atoms with van der Waals surface area (Å²) >= 11 is 0. The number of hydrogen-bond acceptors (Lipinski definition) is 4. The van der Waals surface area contributed by atoms with E-state index in [4.69, 9.17) is 9.15 Å². The molecule has 0 spiro atoms. The Morgan fingerprint density at radius 3 is 2.93 bits per heavy atom. The van der Waals surface area contributed by atoms with Gasteiger partial charge in [-0.05, 0) is 43.0 Å². The molecule has 4 rings (SSSR count). The molecule has 146 valence electrons. The van der Waals surface area contributed by atoms with Crippen molar-refractivity contribution >= 4 is 5.91 Å². The number of rotatable bonds is 7. The summed E-state index contributed by atoms with van der Waals surface area (Å²) in [5, 5.41) is 0. The predicted octanol–water partition coefficient (Wildman–Crippen LogP) is 3.65. The van der Waals surface area contributed by atoms with E-state index in [0.29, 0.717) is 18.8 Å². The minimum Gasteiger partial charge on any atom is -0.459 e. The van der Waals surface area contributed by atoms with Crippen LogP contribution >= 0.6 is 0 Å². The van der Waals surface area contributed by atoms with Crippen LogP contribution in [0.15, 0.2) is 59.5 Å². The van der Waals surface area contributed by atoms with E-state index < -0.39 is 0 Å². The van der Waals surface area contributed by atoms with Crippen LogP contribution in [0.3, 0.4) is 0 Å². The Labute approximate surface area is 164 Å². The van der Waals surface area contributed by atoms with Crippen LogP contribution in [-0.2, 0) is 17.8 Å². The normalized spacial score (nSPS) is 16.4. The highest BCUT2D eigenvalue weighted by molar-refractivity contribution is 5.91. The first-order chi connectivity index (χ1) is 13.7. The third-order valence-electron chi connectivity index (χ3n) is 5.20. The summed E-state index contributed by atoms with van der Waals surface area (Å²) in [5.74, 6) is 1.06. The Balaban J connectivity index is 1.54. The van der Waals surface area contributed by atoms with Crippen LogP contribution in [-0.4, -0.2) is 39.6 Å². The fourth-order valence-electron chi connectivity index (χ4n) is 3.59. The molecule has 6 heteroatoms. The van der Waals surface area contributed by atoms with Gasteiger partial charge >= 0.3 is 0 Å². The lowest BCUT2D eigenvalue weighted by Crippen LogP contribution is -2.37. The first-order valence-electron chi connectivity index (χ1n) is 9.69. The molecule has 0 N–H and O–H groups in total. The van der Waals surface area contributed by atoms with E-state index in [1.165, 1.54) is 17.4 Å². The molecule has 0 radical (unpaired) electrons. The molecule has 3 heterocycles. The zero-order valence-electron chi connectivity index (χ0n) is 16.1. The zero-order chi connectivity index (χ0) is 19.3. The standard InChI is InChI=1S/C22H25N3O3/c1-17-6-2-3-7-18(17)14-24-11-10-23-21(24)16-25(15-19-8-4-12-27-19)22(26)20-9-5-13-28-20/h2-3,5-7,9-11,13,19H,4,8,12,14-16H2,1H3. The molecule has 0 bridgehead atoms. The van der Waals surface area contributed by atoms with Crippen molar-refractivity contribution in [1.82, 2.24) is 14.5 Å². The monoisotopic (exact) mass is 379 g/mol. The van der Waals surface area contributed by atoms with E-state index in [9.17, 15) is 4.79 Å². The number of carbonyl (C=O) groups is 1. The SMILES string of the molecule is Cc1ccccc1Cn1ccnc1CN(CC1CCCO1)C(=O)c1ccco1. The van der Waals surface area contributed by atoms with Gasteiger partial charge in [-0.15, -0.1) is 0 Å². The Morgan fingerprint density at radius 1 is 1.29 bits per heavy atom. The van der Waals surface area contributed by atoms with Crippen molar-refractivity contribution in [1.29, 1.82) is 0 Å². The van der Waals surface area contributed by atoms with E-state index >= 15 is 0 Å². The number of carbonyl (C=O) groups excluding carboxylic acids is 1. The molecular formula is C22H25N3O3. The van der Waals surface area contributed by atoms with Gasteiger partial charge in [0.1, 0.15) is 5.82 Å². The third kappa shape index (κ3) is 4.17. The van der Waals surface area contributed by atoms with Crippen molar-refractivity contribution in [3.05, 3.63) is 77.8 Å². The van der Waals surface area contributed by atoms with E-state index in [2.05, 4.69) is 28.6 Å². The van der Waals surface area contributed by atoms with Gasteiger partial charge in [-0.3, -0.25) is 4.79 Å². The van der Waals surface area contributed by atoms with Gasteiger partial charge in [0, 0.05) is 32.1 Å². The van der Waals surface area contributed by atoms with Crippen LogP contribution in [0.1, 0.15) is 40.3 Å². The van der Waals surface area contributed by atoms with Gasteiger partial charge in [-0.2, -0.15) is 0 Å². The topological polar surface area (TPSA) is 60.5 Å². The van der Waals surface area contributed by atoms with E-state index in [0.717, 1.165) is 31.8 Å². The summed E-state index contributed by atoms with van der Waals surface area (Å²) in [4.78, 5) is 19.3. The van der Waals surface area contributed by atoms with Gasteiger partial charge in [-0.25, -0.2) is 4.98 Å². The van der Waals surface area contributed by atoms with E-state index in [1.54, 1.807) is 23.2 Å². The summed E-state index contributed by atoms with van der Waals surface area (Å²) in [7, 11) is 0. The molecule has 28 heavy (non-hydrogen) atoms. The number of benzene rings is 1. The van der Waals surface area contributed by atoms with Crippen LogP contribution in [0.25, 0.3) is 0 Å². The molecule has 1 aliphatic heterocycles. The van der Waals surface area contributed by atoms with E-state index in [1.807, 2.05) is 18.3 Å². The van der Waals surface area contributed by atoms with Gasteiger partial charge in [0.25, 0.3) is 5.91 Å². The lowest BCUT2D eigenvalue weighted by molar-refractivity contribution is 0.0475. The maximum absolute atomic E-state index is 13.0. The second kappa shape index (κ2) is 8.44. The lowest BCUT2D eigenvalue weighted by Gasteiger charge is -2.25. The van der Waals surface area contributed by atoms with Gasteiger partial charge in [0.2, 0.25) is 0 Å². The van der Waals surface area contributed by atoms with Crippen LogP contribution < -0.4 is 0 Å². The molecule has 1 amide bonds. The number of nitrogens with zero attached hydrogens (tertiary/aromatic N) is 3. The van der Waals surface area contributed by atoms with Crippen molar-refractivity contribution in [3.8, 4) is 0 Å². The fraction of sp³-hybridized carbons (Fsp3) is 0.364. The van der Waals surface area contributed by atoms with Gasteiger partial charge < -0.3 is 18.6 Å². The second-order valence-electron chi connectivity index (χ2n) is 7.20. The minimum atomic E-state index is -0.133. The number of aromatic nitrogens is 2. The fourth-order valence-corrected chi connectivity index (χ4v) is 3.59. The molecule has 1 saturated heterocycles. The number of imidazole rings is 1. The quantitative estimate of drug-likeness (QED) is 0.629. The summed E-state index contributed by atoms with van der Waals surface area (Å²) in [6.45, 7) is 4.55. The Kier molecular flexibility index (Phi) is 5.58. The molecule has 1 atom stereocenters. The number of amides is 1. The van der Waals surface area contributed by atoms with Crippen LogP contribution in [0.4, 0.5) is 0 Å². The Bertz CT molecular complexity index is 911. The maximum atomic E-state index is 13.0. The highest BCUT2D eigenvalue weighted by Gasteiger charge is 2.26. The highest BCUT2D eigenvalue weighted by Crippen LogP contribution is 2.18. The van der Waals surface area contributed by atoms with Crippen molar-refractivity contribution in [2.75, 3.05) is 13.2 Å². The molecule has 1 aromatic carbocycles. The highest BCUT2D eigenvalue weighted by atomic mass is 16.5. The van der Waals surface area contributed by atoms with Gasteiger partial charge in [-0.1, -0.05) is 24.3 Å². The molecule has 3 aromatic rings. The zero-order valence-corrected chi connectivity index (χ0v) is 16.1. The summed E-state index contributed by atoms with van der Waals surface area (Å²) in [6.07, 6.45) is 7.35. The number of hydrogen-bond donors (Lipinski definition) is 0. The predicted molar refractivity (Wildman–Crippen MR) is 105 cm³/mol. The number of ether oxygens (including phenoxy) is 1. The van der Waals surface area contributed by atoms with Crippen LogP contribution in [0, 0.1) is 6.92 Å². The Hall–Kier alpha value is -2.86. The number of furan rings is 1. The van der Waals surface area contributed by atoms with Gasteiger partial charge in [0.05, 0.1) is 18.9 Å². The van der Waals surface area contributed by atoms with Crippen LogP contribution in [0.2, 0.25) is 0 Å². The molecule has 1 aliphatic rings. The lowest BCUT2D eigenvalue weighted by atomic mass is 10.1. The Morgan fingerprint density at radius 2 is 2.18 bits per heavy atom. The number of aryl methyl sites for hydroxylation is 1. The maximum Gasteiger partial charge on any atom is 0.290 e. The molecule has 1 fully saturated rings. The van der Waals surface area contributed by atoms with Gasteiger partial charge in [0.15, 0.2) is 5.76 Å². The summed E-state index contributed by atoms with van der Waals surface area (Å²) < 4.78 is 13.2. The van der Waals surface area contributed by atoms with Crippen molar-refractivity contribution in [2.24, 2.45) is 0 Å². The molecule has 0 saturated carbocycles. The summed E-state index contributed by atoms with van der Waals surface area (Å²) in [6, 6.07) is 11.7. The second-order valence-corrected chi connectivity index (χ2v) is 7.20. The average molecular weight is 379 g/mol. The van der Waals surface area contributed by atoms with Crippen molar-refractivity contribution in [2.45, 2.75) is 39.0 Å². The first-order valence-corrected chi connectivity index (χ1v) is 9.69. The molecule has 1 unspecified atom stereocenters. The molecule has 6 nitrogen and oxygen atoms in total. The summed E-state index contributed by atoms with van der Waals surface area (Å²) in [5.41, 5.74) is 2.48. The third-order valence-corrected chi connectivity index (χ3v) is 5.20. The van der Waals surface area contributed by atoms with Crippen molar-refractivity contribution < 1.29 is 13.9 Å². The van der Waals surface area contributed by atoms with Crippen LogP contribution in [0.5, 0.6) is 0 Å². The first kappa shape index (κ1) is 18.5. The smallest absolute Gasteiger partial charge is 0.290 e. The molecular weight excluding hydrogens is 354 g/mol. The molecule has 0 aliphatic carbocycles. The van der Waals surface area contributed by atoms with Crippen molar-refractivity contribution in [3.63, 3.8) is 0 Å². The minimum absolute atomic E-state index is 0.0682. The van der Waals surface area contributed by atoms with E-state index in [-0.39, 0.29) is 12.0 Å². The molecule has 2 aromatic heterocycles.